The number of carbonyl (C=O) groups excluding carboxylic acids is 1. The van der Waals surface area contributed by atoms with Crippen LogP contribution in [0.1, 0.15) is 31.2 Å². The average Bonchev–Trinajstić information content (AvgIpc) is 2.99. The number of nitrogens with two attached hydrogens (primary N) is 1. The molecule has 3 aromatic rings. The lowest BCUT2D eigenvalue weighted by molar-refractivity contribution is -0.119. The van der Waals surface area contributed by atoms with E-state index >= 15 is 0 Å². The van der Waals surface area contributed by atoms with Gasteiger partial charge in [-0.25, -0.2) is 4.79 Å². The molecule has 2 N–H and O–H groups in total. The number of fused-ring (bicyclic) bond motifs is 2. The van der Waals surface area contributed by atoms with Crippen molar-refractivity contribution in [2.75, 3.05) is 18.0 Å². The molecule has 6 nitrogen and oxygen atoms in total. The fraction of sp³-hybridized carbons (Fsp3) is 0.364. The molecule has 28 heavy (non-hydrogen) atoms. The SMILES string of the molecule is CCCn1c(=O)n(CC(=O)N2CCC(CN)c3ccccc32)c2ccccc21. The average molecular weight is 378 g/mol. The minimum Gasteiger partial charge on any atom is -0.330 e. The highest BCUT2D eigenvalue weighted by atomic mass is 16.2. The second-order valence-electron chi connectivity index (χ2n) is 7.33. The number of carbonyl (C=O) groups is 1. The lowest BCUT2D eigenvalue weighted by Gasteiger charge is -2.34. The molecule has 0 saturated heterocycles. The molecule has 1 aromatic heterocycles. The van der Waals surface area contributed by atoms with Gasteiger partial charge in [0, 0.05) is 18.8 Å². The molecule has 2 heterocycles. The Kier molecular flexibility index (Phi) is 5.05. The maximum absolute atomic E-state index is 13.2. The summed E-state index contributed by atoms with van der Waals surface area (Å²) in [5.41, 5.74) is 9.52. The summed E-state index contributed by atoms with van der Waals surface area (Å²) in [6.07, 6.45) is 1.70. The molecule has 146 valence electrons. The largest absolute Gasteiger partial charge is 0.330 e. The molecular weight excluding hydrogens is 352 g/mol. The molecule has 0 fully saturated rings. The monoisotopic (exact) mass is 378 g/mol. The Hall–Kier alpha value is -2.86. The molecular formula is C22H26N4O2. The van der Waals surface area contributed by atoms with Crippen LogP contribution in [0.5, 0.6) is 0 Å². The molecule has 1 amide bonds. The molecule has 1 aliphatic heterocycles. The highest BCUT2D eigenvalue weighted by Crippen LogP contribution is 2.34. The number of amides is 1. The number of anilines is 1. The lowest BCUT2D eigenvalue weighted by atomic mass is 9.90. The van der Waals surface area contributed by atoms with Crippen molar-refractivity contribution < 1.29 is 4.79 Å². The summed E-state index contributed by atoms with van der Waals surface area (Å²) in [6, 6.07) is 15.6. The molecule has 1 atom stereocenters. The predicted octanol–water partition coefficient (Wildman–Crippen LogP) is 2.69. The zero-order valence-corrected chi connectivity index (χ0v) is 16.2. The minimum atomic E-state index is -0.124. The number of aryl methyl sites for hydroxylation is 1. The first-order valence-corrected chi connectivity index (χ1v) is 9.93. The molecule has 4 rings (SSSR count). The van der Waals surface area contributed by atoms with Crippen LogP contribution in [0.2, 0.25) is 0 Å². The maximum atomic E-state index is 13.2. The van der Waals surface area contributed by atoms with Gasteiger partial charge in [-0.1, -0.05) is 37.3 Å². The number of benzene rings is 2. The first kappa shape index (κ1) is 18.5. The Morgan fingerprint density at radius 3 is 2.46 bits per heavy atom. The number of hydrogen-bond acceptors (Lipinski definition) is 3. The number of nitrogens with zero attached hydrogens (tertiary/aromatic N) is 3. The Morgan fingerprint density at radius 2 is 1.75 bits per heavy atom. The van der Waals surface area contributed by atoms with Gasteiger partial charge in [-0.2, -0.15) is 0 Å². The zero-order chi connectivity index (χ0) is 19.7. The summed E-state index contributed by atoms with van der Waals surface area (Å²) in [7, 11) is 0. The molecule has 0 radical (unpaired) electrons. The van der Waals surface area contributed by atoms with Crippen LogP contribution < -0.4 is 16.3 Å². The van der Waals surface area contributed by atoms with E-state index in [1.807, 2.05) is 55.5 Å². The van der Waals surface area contributed by atoms with Gasteiger partial charge in [0.05, 0.1) is 11.0 Å². The third kappa shape index (κ3) is 3.03. The Bertz CT molecular complexity index is 1070. The first-order chi connectivity index (χ1) is 13.7. The molecule has 2 aromatic carbocycles. The molecule has 0 spiro atoms. The van der Waals surface area contributed by atoms with E-state index in [9.17, 15) is 9.59 Å². The molecule has 1 unspecified atom stereocenters. The Labute approximate surface area is 164 Å². The number of para-hydroxylation sites is 3. The summed E-state index contributed by atoms with van der Waals surface area (Å²) in [6.45, 7) is 3.92. The molecule has 0 bridgehead atoms. The summed E-state index contributed by atoms with van der Waals surface area (Å²) < 4.78 is 3.36. The van der Waals surface area contributed by atoms with E-state index < -0.39 is 0 Å². The summed E-state index contributed by atoms with van der Waals surface area (Å²) in [4.78, 5) is 28.0. The lowest BCUT2D eigenvalue weighted by Crippen LogP contribution is -2.41. The van der Waals surface area contributed by atoms with Gasteiger partial charge in [0.25, 0.3) is 0 Å². The van der Waals surface area contributed by atoms with Crippen LogP contribution in [0.4, 0.5) is 5.69 Å². The Balaban J connectivity index is 1.70. The van der Waals surface area contributed by atoms with E-state index in [0.29, 0.717) is 19.6 Å². The number of hydrogen-bond donors (Lipinski definition) is 1. The first-order valence-electron chi connectivity index (χ1n) is 9.93. The second kappa shape index (κ2) is 7.64. The van der Waals surface area contributed by atoms with Crippen molar-refractivity contribution in [2.24, 2.45) is 5.73 Å². The van der Waals surface area contributed by atoms with Gasteiger partial charge < -0.3 is 10.6 Å². The van der Waals surface area contributed by atoms with Gasteiger partial charge in [-0.3, -0.25) is 13.9 Å². The van der Waals surface area contributed by atoms with Crippen molar-refractivity contribution in [1.82, 2.24) is 9.13 Å². The van der Waals surface area contributed by atoms with E-state index in [0.717, 1.165) is 35.1 Å². The van der Waals surface area contributed by atoms with Crippen LogP contribution in [0, 0.1) is 0 Å². The van der Waals surface area contributed by atoms with Crippen molar-refractivity contribution in [2.45, 2.75) is 38.8 Å². The van der Waals surface area contributed by atoms with Gasteiger partial charge in [0.15, 0.2) is 0 Å². The van der Waals surface area contributed by atoms with E-state index in [1.165, 1.54) is 0 Å². The standard InChI is InChI=1S/C22H26N4O2/c1-2-12-25-19-9-5-6-10-20(19)26(22(25)28)15-21(27)24-13-11-16(14-23)17-7-3-4-8-18(17)24/h3-10,16H,2,11-15,23H2,1H3. The molecule has 1 aliphatic rings. The van der Waals surface area contributed by atoms with Crippen LogP contribution in [0.25, 0.3) is 11.0 Å². The number of rotatable bonds is 5. The fourth-order valence-corrected chi connectivity index (χ4v) is 4.23. The van der Waals surface area contributed by atoms with E-state index in [-0.39, 0.29) is 24.1 Å². The van der Waals surface area contributed by atoms with E-state index in [4.69, 9.17) is 5.73 Å². The predicted molar refractivity (Wildman–Crippen MR) is 112 cm³/mol. The van der Waals surface area contributed by atoms with E-state index in [1.54, 1.807) is 14.0 Å². The highest BCUT2D eigenvalue weighted by molar-refractivity contribution is 5.95. The van der Waals surface area contributed by atoms with Gasteiger partial charge in [0.1, 0.15) is 6.54 Å². The van der Waals surface area contributed by atoms with Crippen molar-refractivity contribution in [3.8, 4) is 0 Å². The quantitative estimate of drug-likeness (QED) is 0.742. The van der Waals surface area contributed by atoms with Gasteiger partial charge in [-0.15, -0.1) is 0 Å². The Morgan fingerprint density at radius 1 is 1.07 bits per heavy atom. The van der Waals surface area contributed by atoms with Crippen molar-refractivity contribution in [1.29, 1.82) is 0 Å². The van der Waals surface area contributed by atoms with Gasteiger partial charge in [-0.05, 0) is 49.1 Å². The zero-order valence-electron chi connectivity index (χ0n) is 16.2. The minimum absolute atomic E-state index is 0.0394. The van der Waals surface area contributed by atoms with Crippen molar-refractivity contribution in [3.05, 3.63) is 64.6 Å². The topological polar surface area (TPSA) is 73.3 Å². The molecule has 0 aliphatic carbocycles. The highest BCUT2D eigenvalue weighted by Gasteiger charge is 2.28. The maximum Gasteiger partial charge on any atom is 0.329 e. The van der Waals surface area contributed by atoms with Gasteiger partial charge in [0.2, 0.25) is 5.91 Å². The van der Waals surface area contributed by atoms with Crippen molar-refractivity contribution in [3.63, 3.8) is 0 Å². The second-order valence-corrected chi connectivity index (χ2v) is 7.33. The third-order valence-electron chi connectivity index (χ3n) is 5.62. The smallest absolute Gasteiger partial charge is 0.329 e. The molecule has 0 saturated carbocycles. The third-order valence-corrected chi connectivity index (χ3v) is 5.62. The van der Waals surface area contributed by atoms with Crippen LogP contribution in [-0.2, 0) is 17.9 Å². The van der Waals surface area contributed by atoms with Crippen LogP contribution in [0.3, 0.4) is 0 Å². The summed E-state index contributed by atoms with van der Waals surface area (Å²) in [5, 5.41) is 0. The van der Waals surface area contributed by atoms with E-state index in [2.05, 4.69) is 0 Å². The van der Waals surface area contributed by atoms with Crippen LogP contribution in [-0.4, -0.2) is 28.1 Å². The number of imidazole rings is 1. The summed E-state index contributed by atoms with van der Waals surface area (Å²) >= 11 is 0. The van der Waals surface area contributed by atoms with Crippen LogP contribution in [0.15, 0.2) is 53.3 Å². The van der Waals surface area contributed by atoms with Crippen LogP contribution >= 0.6 is 0 Å². The summed E-state index contributed by atoms with van der Waals surface area (Å²) in [5.74, 6) is 0.207. The molecule has 6 heteroatoms. The van der Waals surface area contributed by atoms with Gasteiger partial charge >= 0.3 is 5.69 Å². The fourth-order valence-electron chi connectivity index (χ4n) is 4.23. The number of aromatic nitrogens is 2. The van der Waals surface area contributed by atoms with Crippen molar-refractivity contribution >= 4 is 22.6 Å². The normalized spacial score (nSPS) is 16.4.